The van der Waals surface area contributed by atoms with Gasteiger partial charge in [0.15, 0.2) is 5.79 Å². The molecule has 2 heterocycles. The Kier molecular flexibility index (Phi) is 2.67. The van der Waals surface area contributed by atoms with E-state index >= 15 is 0 Å². The van der Waals surface area contributed by atoms with Crippen LogP contribution < -0.4 is 0 Å². The molecule has 4 nitrogen and oxygen atoms in total. The van der Waals surface area contributed by atoms with Crippen LogP contribution in [0.5, 0.6) is 0 Å². The van der Waals surface area contributed by atoms with Crippen LogP contribution in [0.15, 0.2) is 24.3 Å². The fourth-order valence-corrected chi connectivity index (χ4v) is 2.64. The molecule has 1 fully saturated rings. The molecule has 3 atom stereocenters. The van der Waals surface area contributed by atoms with Crippen LogP contribution in [-0.2, 0) is 22.5 Å². The van der Waals surface area contributed by atoms with Gasteiger partial charge in [0.1, 0.15) is 6.10 Å². The molecule has 0 aliphatic carbocycles. The van der Waals surface area contributed by atoms with Gasteiger partial charge in [-0.1, -0.05) is 24.3 Å². The Bertz CT molecular complexity index is 420. The van der Waals surface area contributed by atoms with Crippen LogP contribution in [0.1, 0.15) is 17.5 Å². The molecule has 0 aromatic heterocycles. The molecule has 0 amide bonds. The maximum Gasteiger partial charge on any atom is 0.175 e. The predicted molar refractivity (Wildman–Crippen MR) is 60.2 cm³/mol. The molecule has 17 heavy (non-hydrogen) atoms. The van der Waals surface area contributed by atoms with E-state index in [4.69, 9.17) is 14.6 Å². The zero-order valence-corrected chi connectivity index (χ0v) is 9.50. The third-order valence-corrected chi connectivity index (χ3v) is 3.56. The van der Waals surface area contributed by atoms with Crippen molar-refractivity contribution in [2.75, 3.05) is 6.61 Å². The predicted octanol–water partition coefficient (Wildman–Crippen LogP) is 0.598. The van der Waals surface area contributed by atoms with E-state index in [1.807, 2.05) is 18.2 Å². The summed E-state index contributed by atoms with van der Waals surface area (Å²) in [5, 5.41) is 18.9. The quantitative estimate of drug-likeness (QED) is 0.749. The first kappa shape index (κ1) is 11.2. The molecule has 2 aliphatic rings. The van der Waals surface area contributed by atoms with Crippen LogP contribution in [0, 0.1) is 0 Å². The number of hydrogen-bond donors (Lipinski definition) is 2. The lowest BCUT2D eigenvalue weighted by Crippen LogP contribution is -2.39. The maximum absolute atomic E-state index is 9.79. The second-order valence-corrected chi connectivity index (χ2v) is 4.76. The molecule has 3 unspecified atom stereocenters. The van der Waals surface area contributed by atoms with Crippen LogP contribution in [0.4, 0.5) is 0 Å². The van der Waals surface area contributed by atoms with Gasteiger partial charge in [0, 0.05) is 12.8 Å². The number of benzene rings is 1. The zero-order chi connectivity index (χ0) is 11.9. The van der Waals surface area contributed by atoms with E-state index < -0.39 is 18.0 Å². The van der Waals surface area contributed by atoms with Crippen molar-refractivity contribution in [1.29, 1.82) is 0 Å². The van der Waals surface area contributed by atoms with Gasteiger partial charge in [0.05, 0.1) is 19.3 Å². The van der Waals surface area contributed by atoms with Crippen molar-refractivity contribution in [2.45, 2.75) is 37.4 Å². The molecular weight excluding hydrogens is 220 g/mol. The van der Waals surface area contributed by atoms with Gasteiger partial charge in [-0.05, 0) is 11.1 Å². The number of fused-ring (bicyclic) bond motifs is 1. The monoisotopic (exact) mass is 236 g/mol. The molecule has 1 saturated heterocycles. The van der Waals surface area contributed by atoms with Crippen LogP contribution in [0.2, 0.25) is 0 Å². The minimum absolute atomic E-state index is 0.173. The first-order chi connectivity index (χ1) is 8.22. The summed E-state index contributed by atoms with van der Waals surface area (Å²) in [4.78, 5) is 0. The molecule has 2 aliphatic heterocycles. The van der Waals surface area contributed by atoms with Crippen molar-refractivity contribution in [2.24, 2.45) is 0 Å². The minimum Gasteiger partial charge on any atom is -0.394 e. The van der Waals surface area contributed by atoms with Crippen molar-refractivity contribution in [3.8, 4) is 0 Å². The molecule has 0 saturated carbocycles. The van der Waals surface area contributed by atoms with Crippen molar-refractivity contribution in [3.05, 3.63) is 35.4 Å². The number of aliphatic hydroxyl groups is 2. The largest absolute Gasteiger partial charge is 0.394 e. The van der Waals surface area contributed by atoms with Crippen molar-refractivity contribution < 1.29 is 19.7 Å². The van der Waals surface area contributed by atoms with Gasteiger partial charge in [0.2, 0.25) is 0 Å². The summed E-state index contributed by atoms with van der Waals surface area (Å²) in [6, 6.07) is 8.08. The Labute approximate surface area is 99.8 Å². The summed E-state index contributed by atoms with van der Waals surface area (Å²) >= 11 is 0. The Balaban J connectivity index is 1.84. The molecule has 2 N–H and O–H groups in total. The fourth-order valence-electron chi connectivity index (χ4n) is 2.64. The Morgan fingerprint density at radius 1 is 1.29 bits per heavy atom. The number of aliphatic hydroxyl groups excluding tert-OH is 2. The highest BCUT2D eigenvalue weighted by Gasteiger charge is 2.48. The second kappa shape index (κ2) is 4.07. The van der Waals surface area contributed by atoms with E-state index in [1.165, 1.54) is 11.1 Å². The van der Waals surface area contributed by atoms with Gasteiger partial charge in [-0.3, -0.25) is 0 Å². The van der Waals surface area contributed by atoms with Gasteiger partial charge < -0.3 is 19.7 Å². The lowest BCUT2D eigenvalue weighted by atomic mass is 9.94. The number of hydrogen-bond acceptors (Lipinski definition) is 4. The van der Waals surface area contributed by atoms with Crippen LogP contribution in [-0.4, -0.2) is 34.8 Å². The molecule has 3 rings (SSSR count). The Morgan fingerprint density at radius 2 is 2.06 bits per heavy atom. The van der Waals surface area contributed by atoms with E-state index in [2.05, 4.69) is 6.07 Å². The van der Waals surface area contributed by atoms with E-state index in [0.29, 0.717) is 19.4 Å². The lowest BCUT2D eigenvalue weighted by Gasteiger charge is -2.34. The highest BCUT2D eigenvalue weighted by molar-refractivity contribution is 5.29. The third-order valence-electron chi connectivity index (χ3n) is 3.56. The first-order valence-electron chi connectivity index (χ1n) is 5.90. The molecule has 1 aromatic rings. The summed E-state index contributed by atoms with van der Waals surface area (Å²) < 4.78 is 11.4. The Hall–Kier alpha value is -0.940. The van der Waals surface area contributed by atoms with Crippen LogP contribution in [0.3, 0.4) is 0 Å². The topological polar surface area (TPSA) is 58.9 Å². The minimum atomic E-state index is -0.749. The average molecular weight is 236 g/mol. The van der Waals surface area contributed by atoms with Crippen LogP contribution >= 0.6 is 0 Å². The Morgan fingerprint density at radius 3 is 2.76 bits per heavy atom. The SMILES string of the molecule is OCC1OC2(Cc3ccccc3CO2)CC1O. The van der Waals surface area contributed by atoms with E-state index in [9.17, 15) is 5.11 Å². The second-order valence-electron chi connectivity index (χ2n) is 4.76. The van der Waals surface area contributed by atoms with E-state index in [0.717, 1.165) is 0 Å². The maximum atomic E-state index is 9.79. The molecule has 1 spiro atoms. The summed E-state index contributed by atoms with van der Waals surface area (Å²) in [5.74, 6) is -0.749. The molecule has 0 bridgehead atoms. The lowest BCUT2D eigenvalue weighted by molar-refractivity contribution is -0.242. The van der Waals surface area contributed by atoms with Crippen molar-refractivity contribution in [3.63, 3.8) is 0 Å². The van der Waals surface area contributed by atoms with Gasteiger partial charge >= 0.3 is 0 Å². The highest BCUT2D eigenvalue weighted by atomic mass is 16.7. The third kappa shape index (κ3) is 1.87. The smallest absolute Gasteiger partial charge is 0.175 e. The number of ether oxygens (including phenoxy) is 2. The number of rotatable bonds is 1. The average Bonchev–Trinajstić information content (AvgIpc) is 2.65. The normalized spacial score (nSPS) is 36.1. The molecular formula is C13H16O4. The highest BCUT2D eigenvalue weighted by Crippen LogP contribution is 2.39. The summed E-state index contributed by atoms with van der Waals surface area (Å²) in [5.41, 5.74) is 2.37. The standard InChI is InChI=1S/C13H16O4/c14-7-12-11(15)6-13(17-12)5-9-3-1-2-4-10(9)8-16-13/h1-4,11-12,14-15H,5-8H2. The summed E-state index contributed by atoms with van der Waals surface area (Å²) in [6.45, 7) is 0.328. The van der Waals surface area contributed by atoms with Crippen molar-refractivity contribution in [1.82, 2.24) is 0 Å². The fraction of sp³-hybridized carbons (Fsp3) is 0.538. The van der Waals surface area contributed by atoms with Gasteiger partial charge in [-0.2, -0.15) is 0 Å². The zero-order valence-electron chi connectivity index (χ0n) is 9.50. The molecule has 0 radical (unpaired) electrons. The summed E-state index contributed by atoms with van der Waals surface area (Å²) in [7, 11) is 0. The van der Waals surface area contributed by atoms with Crippen LogP contribution in [0.25, 0.3) is 0 Å². The van der Waals surface area contributed by atoms with E-state index in [-0.39, 0.29) is 6.61 Å². The molecule has 4 heteroatoms. The van der Waals surface area contributed by atoms with Gasteiger partial charge in [-0.15, -0.1) is 0 Å². The molecule has 92 valence electrons. The first-order valence-corrected chi connectivity index (χ1v) is 5.90. The van der Waals surface area contributed by atoms with Gasteiger partial charge in [0.25, 0.3) is 0 Å². The van der Waals surface area contributed by atoms with E-state index in [1.54, 1.807) is 0 Å². The van der Waals surface area contributed by atoms with Crippen molar-refractivity contribution >= 4 is 0 Å². The molecule has 1 aromatic carbocycles. The summed E-state index contributed by atoms with van der Waals surface area (Å²) in [6.07, 6.45) is -0.117. The van der Waals surface area contributed by atoms with Gasteiger partial charge in [-0.25, -0.2) is 0 Å².